The molecule has 0 amide bonds. The summed E-state index contributed by atoms with van der Waals surface area (Å²) in [6.07, 6.45) is 0. The minimum atomic E-state index is 0.446. The molecule has 9 heavy (non-hydrogen) atoms. The van der Waals surface area contributed by atoms with Crippen molar-refractivity contribution in [1.82, 2.24) is 4.98 Å². The van der Waals surface area contributed by atoms with Crippen LogP contribution in [0, 0.1) is 0 Å². The fraction of sp³-hybridized carbons (Fsp3) is 0. The summed E-state index contributed by atoms with van der Waals surface area (Å²) in [6.45, 7) is 0. The van der Waals surface area contributed by atoms with E-state index in [1.807, 2.05) is 6.07 Å². The van der Waals surface area contributed by atoms with Crippen LogP contribution >= 0.6 is 23.2 Å². The van der Waals surface area contributed by atoms with Gasteiger partial charge in [0.05, 0.1) is 0 Å². The molecule has 0 spiro atoms. The molecular formula is C5H4AsCl2N. The Morgan fingerprint density at radius 3 is 2.44 bits per heavy atom. The molecule has 0 aliphatic heterocycles. The fourth-order valence-electron chi connectivity index (χ4n) is 0.423. The Kier molecular flexibility index (Phi) is 2.40. The third kappa shape index (κ3) is 1.86. The number of halogens is 2. The summed E-state index contributed by atoms with van der Waals surface area (Å²) in [5.74, 6) is 0. The van der Waals surface area contributed by atoms with Gasteiger partial charge in [0.1, 0.15) is 0 Å². The second kappa shape index (κ2) is 2.92. The molecule has 0 radical (unpaired) electrons. The zero-order valence-electron chi connectivity index (χ0n) is 4.44. The van der Waals surface area contributed by atoms with Gasteiger partial charge in [0.2, 0.25) is 0 Å². The standard InChI is InChI=1S/C5H4AsCl2N/c6-3-1-2-4(7)9-5(3)8/h1-2H,6H2. The summed E-state index contributed by atoms with van der Waals surface area (Å²) in [5, 5.41) is 0.948. The van der Waals surface area contributed by atoms with Gasteiger partial charge in [-0.1, -0.05) is 0 Å². The number of aromatic nitrogens is 1. The van der Waals surface area contributed by atoms with Gasteiger partial charge in [-0.05, 0) is 0 Å². The first kappa shape index (κ1) is 7.40. The maximum absolute atomic E-state index is 5.63. The molecule has 0 aromatic carbocycles. The first-order chi connectivity index (χ1) is 4.20. The van der Waals surface area contributed by atoms with Crippen molar-refractivity contribution in [2.45, 2.75) is 0 Å². The molecule has 48 valence electrons. The van der Waals surface area contributed by atoms with Crippen LogP contribution in [0.4, 0.5) is 0 Å². The quantitative estimate of drug-likeness (QED) is 0.465. The van der Waals surface area contributed by atoms with Gasteiger partial charge in [0.15, 0.2) is 0 Å². The molecule has 0 saturated carbocycles. The molecule has 1 rings (SSSR count). The van der Waals surface area contributed by atoms with Crippen molar-refractivity contribution in [1.29, 1.82) is 0 Å². The van der Waals surface area contributed by atoms with Crippen molar-refractivity contribution < 1.29 is 0 Å². The predicted octanol–water partition coefficient (Wildman–Crippen LogP) is 0.647. The zero-order valence-corrected chi connectivity index (χ0v) is 8.37. The van der Waals surface area contributed by atoms with E-state index < -0.39 is 0 Å². The Morgan fingerprint density at radius 2 is 2.00 bits per heavy atom. The summed E-state index contributed by atoms with van der Waals surface area (Å²) >= 11 is 12.6. The molecule has 0 aliphatic carbocycles. The van der Waals surface area contributed by atoms with Gasteiger partial charge in [-0.15, -0.1) is 0 Å². The van der Waals surface area contributed by atoms with E-state index in [0.717, 1.165) is 4.35 Å². The maximum atomic E-state index is 5.63. The minimum absolute atomic E-state index is 0.446. The molecular weight excluding hydrogens is 220 g/mol. The van der Waals surface area contributed by atoms with Gasteiger partial charge in [-0.25, -0.2) is 0 Å². The second-order valence-electron chi connectivity index (χ2n) is 1.51. The summed E-state index contributed by atoms with van der Waals surface area (Å²) in [6, 6.07) is 3.59. The monoisotopic (exact) mass is 223 g/mol. The molecule has 1 aromatic heterocycles. The van der Waals surface area contributed by atoms with E-state index in [2.05, 4.69) is 4.98 Å². The Labute approximate surface area is 71.9 Å². The molecule has 1 nitrogen and oxygen atoms in total. The molecule has 0 fully saturated rings. The second-order valence-corrected chi connectivity index (χ2v) is 3.56. The Morgan fingerprint density at radius 1 is 1.33 bits per heavy atom. The number of rotatable bonds is 0. The molecule has 1 unspecified atom stereocenters. The van der Waals surface area contributed by atoms with Crippen LogP contribution in [0.25, 0.3) is 0 Å². The molecule has 1 aromatic rings. The first-order valence-electron chi connectivity index (χ1n) is 2.27. The molecule has 0 N–H and O–H groups in total. The molecule has 0 bridgehead atoms. The number of nitrogens with zero attached hydrogens (tertiary/aromatic N) is 1. The fourth-order valence-corrected chi connectivity index (χ4v) is 1.11. The van der Waals surface area contributed by atoms with Crippen LogP contribution in [0.2, 0.25) is 10.3 Å². The number of hydrogen-bond donors (Lipinski definition) is 0. The third-order valence-electron chi connectivity index (χ3n) is 0.844. The Bertz CT molecular complexity index is 226. The number of hydrogen-bond acceptors (Lipinski definition) is 1. The van der Waals surface area contributed by atoms with Crippen LogP contribution < -0.4 is 4.35 Å². The van der Waals surface area contributed by atoms with E-state index in [-0.39, 0.29) is 0 Å². The molecule has 1 atom stereocenters. The van der Waals surface area contributed by atoms with E-state index in [4.69, 9.17) is 23.2 Å². The van der Waals surface area contributed by atoms with Crippen LogP contribution in [-0.4, -0.2) is 21.8 Å². The summed E-state index contributed by atoms with van der Waals surface area (Å²) in [7, 11) is 0. The van der Waals surface area contributed by atoms with Gasteiger partial charge in [-0.3, -0.25) is 0 Å². The average Bonchev–Trinajstić information content (AvgIpc) is 1.80. The van der Waals surface area contributed by atoms with Crippen molar-refractivity contribution in [3.8, 4) is 0 Å². The van der Waals surface area contributed by atoms with Crippen LogP contribution in [0.3, 0.4) is 0 Å². The number of pyridine rings is 1. The van der Waals surface area contributed by atoms with Gasteiger partial charge in [-0.2, -0.15) is 0 Å². The van der Waals surface area contributed by atoms with Crippen molar-refractivity contribution in [3.05, 3.63) is 22.4 Å². The van der Waals surface area contributed by atoms with E-state index in [1.54, 1.807) is 6.07 Å². The van der Waals surface area contributed by atoms with Gasteiger partial charge < -0.3 is 0 Å². The molecule has 1 heterocycles. The third-order valence-corrected chi connectivity index (χ3v) is 2.72. The molecule has 0 saturated heterocycles. The van der Waals surface area contributed by atoms with Crippen molar-refractivity contribution in [3.63, 3.8) is 0 Å². The predicted molar refractivity (Wildman–Crippen MR) is 42.4 cm³/mol. The van der Waals surface area contributed by atoms with Crippen molar-refractivity contribution >= 4 is 44.4 Å². The molecule has 4 heteroatoms. The normalized spacial score (nSPS) is 9.67. The Hall–Kier alpha value is 0.288. The Balaban J connectivity index is 3.17. The average molecular weight is 224 g/mol. The summed E-state index contributed by atoms with van der Waals surface area (Å²) in [4.78, 5) is 3.82. The van der Waals surface area contributed by atoms with Crippen molar-refractivity contribution in [2.75, 3.05) is 0 Å². The van der Waals surface area contributed by atoms with Gasteiger partial charge in [0, 0.05) is 0 Å². The topological polar surface area (TPSA) is 12.9 Å². The SMILES string of the molecule is Clc1ccc([AsH2])c(Cl)n1. The zero-order chi connectivity index (χ0) is 6.85. The van der Waals surface area contributed by atoms with Gasteiger partial charge >= 0.3 is 71.8 Å². The van der Waals surface area contributed by atoms with E-state index in [0.29, 0.717) is 10.3 Å². The van der Waals surface area contributed by atoms with Crippen LogP contribution in [0.5, 0.6) is 0 Å². The van der Waals surface area contributed by atoms with E-state index in [1.165, 1.54) is 16.9 Å². The summed E-state index contributed by atoms with van der Waals surface area (Å²) < 4.78 is 1.01. The van der Waals surface area contributed by atoms with Crippen LogP contribution in [0.1, 0.15) is 0 Å². The van der Waals surface area contributed by atoms with Crippen LogP contribution in [-0.2, 0) is 0 Å². The molecule has 0 aliphatic rings. The van der Waals surface area contributed by atoms with E-state index >= 15 is 0 Å². The van der Waals surface area contributed by atoms with Crippen molar-refractivity contribution in [2.24, 2.45) is 0 Å². The van der Waals surface area contributed by atoms with Gasteiger partial charge in [0.25, 0.3) is 0 Å². The summed E-state index contributed by atoms with van der Waals surface area (Å²) in [5.41, 5.74) is 0. The van der Waals surface area contributed by atoms with Crippen LogP contribution in [0.15, 0.2) is 12.1 Å². The van der Waals surface area contributed by atoms with E-state index in [9.17, 15) is 0 Å². The first-order valence-corrected chi connectivity index (χ1v) is 4.24.